The van der Waals surface area contributed by atoms with E-state index >= 15 is 0 Å². The number of thioether (sulfide) groups is 1. The van der Waals surface area contributed by atoms with E-state index in [1.807, 2.05) is 0 Å². The smallest absolute Gasteiger partial charge is 0.341 e. The summed E-state index contributed by atoms with van der Waals surface area (Å²) in [4.78, 5) is 31.3. The number of esters is 1. The van der Waals surface area contributed by atoms with Crippen LogP contribution >= 0.6 is 23.1 Å². The summed E-state index contributed by atoms with van der Waals surface area (Å²) in [6.45, 7) is 10.5. The van der Waals surface area contributed by atoms with Crippen LogP contribution < -0.4 is 10.6 Å². The van der Waals surface area contributed by atoms with Gasteiger partial charge < -0.3 is 15.4 Å². The van der Waals surface area contributed by atoms with Crippen LogP contribution in [0.2, 0.25) is 0 Å². The van der Waals surface area contributed by atoms with Crippen molar-refractivity contribution in [2.24, 2.45) is 0 Å². The average molecular weight is 492 g/mol. The number of nitrogens with zero attached hydrogens (tertiary/aromatic N) is 2. The molecular weight excluding hydrogens is 458 g/mol. The van der Waals surface area contributed by atoms with E-state index in [2.05, 4.69) is 53.5 Å². The van der Waals surface area contributed by atoms with Crippen molar-refractivity contribution in [2.45, 2.75) is 88.9 Å². The zero-order chi connectivity index (χ0) is 23.8. The predicted molar refractivity (Wildman–Crippen MR) is 131 cm³/mol. The lowest BCUT2D eigenvalue weighted by Crippen LogP contribution is -2.55. The third kappa shape index (κ3) is 5.27. The molecule has 8 nitrogen and oxygen atoms in total. The van der Waals surface area contributed by atoms with Crippen molar-refractivity contribution in [3.63, 3.8) is 0 Å². The highest BCUT2D eigenvalue weighted by Crippen LogP contribution is 2.45. The highest BCUT2D eigenvalue weighted by Gasteiger charge is 2.42. The molecule has 4 rings (SSSR count). The van der Waals surface area contributed by atoms with Gasteiger partial charge in [-0.1, -0.05) is 24.6 Å². The molecule has 3 N–H and O–H groups in total. The Morgan fingerprint density at radius 3 is 2.67 bits per heavy atom. The highest BCUT2D eigenvalue weighted by atomic mass is 32.2. The Balaban J connectivity index is 1.50. The molecule has 0 spiro atoms. The third-order valence-electron chi connectivity index (χ3n) is 6.13. The number of amides is 1. The molecule has 0 aromatic carbocycles. The molecule has 1 saturated carbocycles. The van der Waals surface area contributed by atoms with E-state index in [1.54, 1.807) is 6.92 Å². The Morgan fingerprint density at radius 2 is 1.97 bits per heavy atom. The fourth-order valence-corrected chi connectivity index (χ4v) is 6.92. The first kappa shape index (κ1) is 24.2. The lowest BCUT2D eigenvalue weighted by atomic mass is 9.81. The zero-order valence-electron chi connectivity index (χ0n) is 20.0. The number of thiophene rings is 1. The summed E-state index contributed by atoms with van der Waals surface area (Å²) in [7, 11) is 0. The standard InChI is InChI=1S/C23H33N5O3S2/c1-6-31-20(30)16-14-11-22(2,3)28-23(4,5)17(14)33-19(16)24-15(29)12-32-21-25-18(26-27-21)13-9-7-8-10-13/h13,28H,6-12H2,1-5H3,(H,24,29)(H,25,26,27). The number of H-pyrrole nitrogens is 1. The number of hydrogen-bond acceptors (Lipinski definition) is 8. The van der Waals surface area contributed by atoms with Gasteiger partial charge in [-0.2, -0.15) is 0 Å². The lowest BCUT2D eigenvalue weighted by Gasteiger charge is -2.42. The fraction of sp³-hybridized carbons (Fsp3) is 0.652. The van der Waals surface area contributed by atoms with Gasteiger partial charge in [0.1, 0.15) is 10.8 Å². The van der Waals surface area contributed by atoms with E-state index in [0.717, 1.165) is 29.1 Å². The van der Waals surface area contributed by atoms with Crippen LogP contribution in [0.4, 0.5) is 5.00 Å². The number of hydrogen-bond donors (Lipinski definition) is 3. The van der Waals surface area contributed by atoms with Gasteiger partial charge in [0.2, 0.25) is 11.1 Å². The molecule has 0 saturated heterocycles. The first-order valence-corrected chi connectivity index (χ1v) is 13.4. The second-order valence-corrected chi connectivity index (χ2v) is 11.9. The molecule has 0 radical (unpaired) electrons. The van der Waals surface area contributed by atoms with Crippen LogP contribution in [0.25, 0.3) is 0 Å². The van der Waals surface area contributed by atoms with Gasteiger partial charge in [-0.15, -0.1) is 16.4 Å². The van der Waals surface area contributed by atoms with Crippen LogP contribution in [0.1, 0.15) is 92.8 Å². The molecule has 10 heteroatoms. The number of ether oxygens (including phenoxy) is 1. The van der Waals surface area contributed by atoms with Gasteiger partial charge in [0, 0.05) is 21.9 Å². The molecule has 1 amide bonds. The number of nitrogens with one attached hydrogen (secondary N) is 3. The number of aromatic amines is 1. The summed E-state index contributed by atoms with van der Waals surface area (Å²) in [6, 6.07) is 0. The second kappa shape index (κ2) is 9.38. The molecule has 180 valence electrons. The summed E-state index contributed by atoms with van der Waals surface area (Å²) in [5.74, 6) is 0.956. The maximum atomic E-state index is 12.9. The van der Waals surface area contributed by atoms with E-state index in [0.29, 0.717) is 28.1 Å². The Hall–Kier alpha value is -1.91. The Bertz CT molecular complexity index is 1040. The van der Waals surface area contributed by atoms with Gasteiger partial charge in [-0.05, 0) is 59.4 Å². The molecule has 3 heterocycles. The quantitative estimate of drug-likeness (QED) is 0.384. The van der Waals surface area contributed by atoms with Crippen molar-refractivity contribution in [3.05, 3.63) is 21.8 Å². The van der Waals surface area contributed by atoms with Crippen LogP contribution in [0.5, 0.6) is 0 Å². The van der Waals surface area contributed by atoms with Crippen LogP contribution in [0.3, 0.4) is 0 Å². The van der Waals surface area contributed by atoms with Crippen LogP contribution in [-0.4, -0.2) is 45.0 Å². The van der Waals surface area contributed by atoms with E-state index in [-0.39, 0.29) is 35.3 Å². The topological polar surface area (TPSA) is 109 Å². The average Bonchev–Trinajstić information content (AvgIpc) is 3.45. The molecule has 2 aromatic rings. The molecule has 0 bridgehead atoms. The molecule has 0 unspecified atom stereocenters. The summed E-state index contributed by atoms with van der Waals surface area (Å²) < 4.78 is 5.36. The maximum Gasteiger partial charge on any atom is 0.341 e. The minimum Gasteiger partial charge on any atom is -0.462 e. The summed E-state index contributed by atoms with van der Waals surface area (Å²) in [5, 5.41) is 15.0. The monoisotopic (exact) mass is 491 g/mol. The minimum absolute atomic E-state index is 0.167. The summed E-state index contributed by atoms with van der Waals surface area (Å²) in [5.41, 5.74) is 0.944. The van der Waals surface area contributed by atoms with E-state index < -0.39 is 0 Å². The van der Waals surface area contributed by atoms with Gasteiger partial charge >= 0.3 is 5.97 Å². The van der Waals surface area contributed by atoms with E-state index in [9.17, 15) is 9.59 Å². The Morgan fingerprint density at radius 1 is 1.24 bits per heavy atom. The number of anilines is 1. The third-order valence-corrected chi connectivity index (χ3v) is 8.45. The number of aromatic nitrogens is 3. The fourth-order valence-electron chi connectivity index (χ4n) is 5.03. The lowest BCUT2D eigenvalue weighted by molar-refractivity contribution is -0.113. The SMILES string of the molecule is CCOC(=O)c1c(NC(=O)CSc2n[nH]c(C3CCCC3)n2)sc2c1CC(C)(C)NC2(C)C. The first-order chi connectivity index (χ1) is 15.6. The Kier molecular flexibility index (Phi) is 6.89. The summed E-state index contributed by atoms with van der Waals surface area (Å²) >= 11 is 2.75. The van der Waals surface area contributed by atoms with Gasteiger partial charge in [-0.25, -0.2) is 9.78 Å². The minimum atomic E-state index is -0.387. The molecule has 1 aliphatic carbocycles. The van der Waals surface area contributed by atoms with Crippen molar-refractivity contribution in [2.75, 3.05) is 17.7 Å². The summed E-state index contributed by atoms with van der Waals surface area (Å²) in [6.07, 6.45) is 5.42. The maximum absolute atomic E-state index is 12.9. The van der Waals surface area contributed by atoms with Gasteiger partial charge in [-0.3, -0.25) is 9.89 Å². The van der Waals surface area contributed by atoms with Crippen molar-refractivity contribution >= 4 is 40.0 Å². The van der Waals surface area contributed by atoms with Crippen molar-refractivity contribution in [1.29, 1.82) is 0 Å². The van der Waals surface area contributed by atoms with Crippen LogP contribution in [0.15, 0.2) is 5.16 Å². The normalized spacial score (nSPS) is 19.3. The zero-order valence-corrected chi connectivity index (χ0v) is 21.6. The van der Waals surface area contributed by atoms with E-state index in [4.69, 9.17) is 4.74 Å². The van der Waals surface area contributed by atoms with Crippen LogP contribution in [0, 0.1) is 0 Å². The largest absolute Gasteiger partial charge is 0.462 e. The van der Waals surface area contributed by atoms with Gasteiger partial charge in [0.05, 0.1) is 17.9 Å². The highest BCUT2D eigenvalue weighted by molar-refractivity contribution is 7.99. The molecule has 1 aliphatic heterocycles. The van der Waals surface area contributed by atoms with Crippen molar-refractivity contribution in [1.82, 2.24) is 20.5 Å². The van der Waals surface area contributed by atoms with E-state index in [1.165, 1.54) is 35.9 Å². The number of rotatable bonds is 7. The Labute approximate surface area is 203 Å². The molecule has 2 aromatic heterocycles. The number of carbonyl (C=O) groups excluding carboxylic acids is 2. The molecular formula is C23H33N5O3S2. The molecule has 33 heavy (non-hydrogen) atoms. The number of carbonyl (C=O) groups is 2. The van der Waals surface area contributed by atoms with Crippen molar-refractivity contribution in [3.8, 4) is 0 Å². The van der Waals surface area contributed by atoms with Gasteiger partial charge in [0.15, 0.2) is 0 Å². The molecule has 1 fully saturated rings. The first-order valence-electron chi connectivity index (χ1n) is 11.6. The molecule has 0 atom stereocenters. The van der Waals surface area contributed by atoms with Gasteiger partial charge in [0.25, 0.3) is 0 Å². The van der Waals surface area contributed by atoms with Crippen LogP contribution in [-0.2, 0) is 21.5 Å². The predicted octanol–water partition coefficient (Wildman–Crippen LogP) is 4.59. The van der Waals surface area contributed by atoms with Crippen molar-refractivity contribution < 1.29 is 14.3 Å². The second-order valence-electron chi connectivity index (χ2n) is 9.97. The molecule has 2 aliphatic rings. The number of fused-ring (bicyclic) bond motifs is 1.